The van der Waals surface area contributed by atoms with Gasteiger partial charge in [-0.05, 0) is 31.5 Å². The van der Waals surface area contributed by atoms with Gasteiger partial charge >= 0.3 is 5.97 Å². The van der Waals surface area contributed by atoms with Gasteiger partial charge in [0.2, 0.25) is 0 Å². The molecule has 1 aromatic carbocycles. The predicted octanol–water partition coefficient (Wildman–Crippen LogP) is 3.56. The fourth-order valence-corrected chi connectivity index (χ4v) is 2.63. The average Bonchev–Trinajstić information content (AvgIpc) is 2.86. The van der Waals surface area contributed by atoms with E-state index in [4.69, 9.17) is 4.74 Å². The summed E-state index contributed by atoms with van der Waals surface area (Å²) in [6.45, 7) is 4.12. The molecule has 0 aliphatic carbocycles. The Hall–Kier alpha value is -1.95. The first-order valence-corrected chi connectivity index (χ1v) is 7.58. The van der Waals surface area contributed by atoms with Gasteiger partial charge in [0.1, 0.15) is 5.82 Å². The Labute approximate surface area is 127 Å². The van der Waals surface area contributed by atoms with Crippen molar-refractivity contribution in [3.63, 3.8) is 0 Å². The first-order chi connectivity index (χ1) is 10.1. The number of rotatable bonds is 6. The van der Waals surface area contributed by atoms with Crippen LogP contribution in [0.25, 0.3) is 0 Å². The zero-order valence-electron chi connectivity index (χ0n) is 11.9. The van der Waals surface area contributed by atoms with E-state index in [-0.39, 0.29) is 24.2 Å². The molecule has 0 fully saturated rings. The number of halogens is 1. The topological polar surface area (TPSA) is 51.2 Å². The molecule has 2 aromatic rings. The molecule has 0 aliphatic rings. The van der Waals surface area contributed by atoms with E-state index in [0.29, 0.717) is 12.3 Å². The summed E-state index contributed by atoms with van der Waals surface area (Å²) >= 11 is 1.43. The standard InChI is InChI=1S/C15H17FN2O2S/c1-3-20-14(19)8-13-9-21-15(18-13)17-10(2)11-4-6-12(16)7-5-11/h4-7,9-10H,3,8H2,1-2H3,(H,17,18). The normalized spacial score (nSPS) is 12.0. The summed E-state index contributed by atoms with van der Waals surface area (Å²) in [6, 6.07) is 6.34. The monoisotopic (exact) mass is 308 g/mol. The minimum atomic E-state index is -0.277. The molecule has 1 heterocycles. The van der Waals surface area contributed by atoms with Gasteiger partial charge in [0.05, 0.1) is 24.8 Å². The van der Waals surface area contributed by atoms with Crippen molar-refractivity contribution in [3.05, 3.63) is 46.7 Å². The van der Waals surface area contributed by atoms with Crippen molar-refractivity contribution in [1.82, 2.24) is 4.98 Å². The lowest BCUT2D eigenvalue weighted by Gasteiger charge is -2.13. The number of hydrogen-bond donors (Lipinski definition) is 1. The van der Waals surface area contributed by atoms with Crippen molar-refractivity contribution in [3.8, 4) is 0 Å². The summed E-state index contributed by atoms with van der Waals surface area (Å²) in [6.07, 6.45) is 0.178. The molecule has 1 N–H and O–H groups in total. The SMILES string of the molecule is CCOC(=O)Cc1csc(NC(C)c2ccc(F)cc2)n1. The Balaban J connectivity index is 1.95. The lowest BCUT2D eigenvalue weighted by molar-refractivity contribution is -0.142. The van der Waals surface area contributed by atoms with Crippen LogP contribution in [0.5, 0.6) is 0 Å². The van der Waals surface area contributed by atoms with E-state index in [1.807, 2.05) is 12.3 Å². The van der Waals surface area contributed by atoms with Crippen LogP contribution in [0.4, 0.5) is 9.52 Å². The number of thiazole rings is 1. The fourth-order valence-electron chi connectivity index (χ4n) is 1.83. The minimum absolute atomic E-state index is 0.00666. The second-order valence-electron chi connectivity index (χ2n) is 4.54. The van der Waals surface area contributed by atoms with Crippen LogP contribution in [0.1, 0.15) is 31.1 Å². The van der Waals surface area contributed by atoms with Crippen LogP contribution in [-0.4, -0.2) is 17.6 Å². The Morgan fingerprint density at radius 1 is 1.43 bits per heavy atom. The molecule has 112 valence electrons. The summed E-state index contributed by atoms with van der Waals surface area (Å²) < 4.78 is 17.8. The highest BCUT2D eigenvalue weighted by molar-refractivity contribution is 7.13. The molecular formula is C15H17FN2O2S. The van der Waals surface area contributed by atoms with E-state index >= 15 is 0 Å². The van der Waals surface area contributed by atoms with Gasteiger partial charge in [0.15, 0.2) is 5.13 Å². The van der Waals surface area contributed by atoms with Crippen LogP contribution < -0.4 is 5.32 Å². The third-order valence-electron chi connectivity index (χ3n) is 2.89. The van der Waals surface area contributed by atoms with Gasteiger partial charge in [0.25, 0.3) is 0 Å². The summed E-state index contributed by atoms with van der Waals surface area (Å²) in [5.74, 6) is -0.530. The lowest BCUT2D eigenvalue weighted by Crippen LogP contribution is -2.09. The van der Waals surface area contributed by atoms with Crippen molar-refractivity contribution in [2.75, 3.05) is 11.9 Å². The summed E-state index contributed by atoms with van der Waals surface area (Å²) in [5.41, 5.74) is 1.66. The van der Waals surface area contributed by atoms with Gasteiger partial charge in [-0.1, -0.05) is 12.1 Å². The smallest absolute Gasteiger partial charge is 0.311 e. The van der Waals surface area contributed by atoms with Crippen LogP contribution in [0.15, 0.2) is 29.6 Å². The van der Waals surface area contributed by atoms with Crippen LogP contribution in [0.3, 0.4) is 0 Å². The number of carbonyl (C=O) groups is 1. The number of hydrogen-bond acceptors (Lipinski definition) is 5. The molecule has 0 spiro atoms. The van der Waals surface area contributed by atoms with Gasteiger partial charge in [-0.15, -0.1) is 11.3 Å². The lowest BCUT2D eigenvalue weighted by atomic mass is 10.1. The molecule has 4 nitrogen and oxygen atoms in total. The highest BCUT2D eigenvalue weighted by Gasteiger charge is 2.11. The molecule has 1 atom stereocenters. The van der Waals surface area contributed by atoms with Crippen LogP contribution in [0.2, 0.25) is 0 Å². The van der Waals surface area contributed by atoms with Crippen LogP contribution >= 0.6 is 11.3 Å². The second-order valence-corrected chi connectivity index (χ2v) is 5.40. The maximum atomic E-state index is 12.9. The number of nitrogens with zero attached hydrogens (tertiary/aromatic N) is 1. The van der Waals surface area contributed by atoms with Crippen molar-refractivity contribution in [1.29, 1.82) is 0 Å². The van der Waals surface area contributed by atoms with E-state index in [2.05, 4.69) is 10.3 Å². The number of esters is 1. The molecule has 0 saturated carbocycles. The summed E-state index contributed by atoms with van der Waals surface area (Å²) in [4.78, 5) is 15.7. The third-order valence-corrected chi connectivity index (χ3v) is 3.71. The molecule has 0 aliphatic heterocycles. The molecule has 1 aromatic heterocycles. The van der Waals surface area contributed by atoms with E-state index in [0.717, 1.165) is 10.7 Å². The van der Waals surface area contributed by atoms with Gasteiger partial charge in [-0.2, -0.15) is 0 Å². The molecule has 0 saturated heterocycles. The zero-order chi connectivity index (χ0) is 15.2. The number of carbonyl (C=O) groups excluding carboxylic acids is 1. The van der Waals surface area contributed by atoms with Crippen molar-refractivity contribution < 1.29 is 13.9 Å². The fraction of sp³-hybridized carbons (Fsp3) is 0.333. The number of ether oxygens (including phenoxy) is 1. The van der Waals surface area contributed by atoms with Gasteiger partial charge in [0, 0.05) is 5.38 Å². The van der Waals surface area contributed by atoms with E-state index in [1.165, 1.54) is 23.5 Å². The molecular weight excluding hydrogens is 291 g/mol. The predicted molar refractivity (Wildman–Crippen MR) is 80.9 cm³/mol. The molecule has 0 amide bonds. The molecule has 2 rings (SSSR count). The van der Waals surface area contributed by atoms with E-state index < -0.39 is 0 Å². The molecule has 21 heavy (non-hydrogen) atoms. The maximum absolute atomic E-state index is 12.9. The van der Waals surface area contributed by atoms with Gasteiger partial charge in [-0.3, -0.25) is 4.79 Å². The number of anilines is 1. The van der Waals surface area contributed by atoms with Crippen molar-refractivity contribution in [2.45, 2.75) is 26.3 Å². The van der Waals surface area contributed by atoms with Crippen molar-refractivity contribution >= 4 is 22.4 Å². The first-order valence-electron chi connectivity index (χ1n) is 6.70. The zero-order valence-corrected chi connectivity index (χ0v) is 12.7. The average molecular weight is 308 g/mol. The molecule has 6 heteroatoms. The van der Waals surface area contributed by atoms with Crippen LogP contribution in [0, 0.1) is 5.82 Å². The van der Waals surface area contributed by atoms with E-state index in [1.54, 1.807) is 19.1 Å². The van der Waals surface area contributed by atoms with Gasteiger partial charge in [-0.25, -0.2) is 9.37 Å². The van der Waals surface area contributed by atoms with Crippen LogP contribution in [-0.2, 0) is 16.0 Å². The van der Waals surface area contributed by atoms with Crippen molar-refractivity contribution in [2.24, 2.45) is 0 Å². The summed E-state index contributed by atoms with van der Waals surface area (Å²) in [7, 11) is 0. The molecule has 0 bridgehead atoms. The van der Waals surface area contributed by atoms with E-state index in [9.17, 15) is 9.18 Å². The number of benzene rings is 1. The molecule has 1 unspecified atom stereocenters. The third kappa shape index (κ3) is 4.53. The Bertz CT molecular complexity index is 598. The highest BCUT2D eigenvalue weighted by Crippen LogP contribution is 2.23. The molecule has 0 radical (unpaired) electrons. The Kier molecular flexibility index (Phi) is 5.27. The minimum Gasteiger partial charge on any atom is -0.466 e. The number of nitrogens with one attached hydrogen (secondary N) is 1. The quantitative estimate of drug-likeness (QED) is 0.829. The Morgan fingerprint density at radius 3 is 2.81 bits per heavy atom. The number of aromatic nitrogens is 1. The largest absolute Gasteiger partial charge is 0.466 e. The summed E-state index contributed by atoms with van der Waals surface area (Å²) in [5, 5.41) is 5.79. The maximum Gasteiger partial charge on any atom is 0.311 e. The second kappa shape index (κ2) is 7.17. The highest BCUT2D eigenvalue weighted by atomic mass is 32.1. The first kappa shape index (κ1) is 15.4. The van der Waals surface area contributed by atoms with Gasteiger partial charge < -0.3 is 10.1 Å². The Morgan fingerprint density at radius 2 is 2.14 bits per heavy atom.